The molecule has 1 N–H and O–H groups in total. The summed E-state index contributed by atoms with van der Waals surface area (Å²) in [6.07, 6.45) is -4.26. The molecule has 1 aromatic heterocycles. The Morgan fingerprint density at radius 1 is 1.06 bits per heavy atom. The number of amides is 2. The van der Waals surface area contributed by atoms with Crippen LogP contribution in [0.1, 0.15) is 23.7 Å². The van der Waals surface area contributed by atoms with Gasteiger partial charge in [-0.05, 0) is 48.4 Å². The number of hydrogen-bond acceptors (Lipinski definition) is 6. The van der Waals surface area contributed by atoms with Crippen molar-refractivity contribution >= 4 is 23.2 Å². The summed E-state index contributed by atoms with van der Waals surface area (Å²) in [7, 11) is 2.93. The molecule has 0 fully saturated rings. The van der Waals surface area contributed by atoms with Gasteiger partial charge in [0.25, 0.3) is 5.91 Å². The smallest absolute Gasteiger partial charge is 0.497 e. The molecule has 0 atom stereocenters. The zero-order valence-corrected chi connectivity index (χ0v) is 20.5. The third-order valence-corrected chi connectivity index (χ3v) is 5.81. The van der Waals surface area contributed by atoms with Crippen LogP contribution >= 0.6 is 11.3 Å². The van der Waals surface area contributed by atoms with Crippen LogP contribution < -0.4 is 24.3 Å². The van der Waals surface area contributed by atoms with Gasteiger partial charge in [0.15, 0.2) is 4.80 Å². The highest BCUT2D eigenvalue weighted by molar-refractivity contribution is 7.07. The van der Waals surface area contributed by atoms with E-state index in [-0.39, 0.29) is 17.2 Å². The summed E-state index contributed by atoms with van der Waals surface area (Å²) in [5.41, 5.74) is 1.50. The van der Waals surface area contributed by atoms with Crippen LogP contribution in [-0.4, -0.2) is 43.5 Å². The van der Waals surface area contributed by atoms with Gasteiger partial charge >= 0.3 is 6.36 Å². The number of benzene rings is 2. The van der Waals surface area contributed by atoms with E-state index in [1.54, 1.807) is 28.1 Å². The number of hydrogen-bond donors (Lipinski definition) is 1. The van der Waals surface area contributed by atoms with E-state index >= 15 is 0 Å². The summed E-state index contributed by atoms with van der Waals surface area (Å²) in [5.74, 6) is -0.222. The fraction of sp³-hybridized carbons (Fsp3) is 0.292. The van der Waals surface area contributed by atoms with E-state index in [0.717, 1.165) is 0 Å². The lowest BCUT2D eigenvalue weighted by atomic mass is 10.1. The minimum Gasteiger partial charge on any atom is -0.497 e. The van der Waals surface area contributed by atoms with Crippen LogP contribution in [0.5, 0.6) is 17.2 Å². The molecule has 0 saturated carbocycles. The van der Waals surface area contributed by atoms with Crippen molar-refractivity contribution < 1.29 is 37.0 Å². The molecule has 1 heterocycles. The highest BCUT2D eigenvalue weighted by Crippen LogP contribution is 2.28. The molecular formula is C24H24F3N3O5S. The normalized spacial score (nSPS) is 11.8. The number of nitrogens with zero attached hydrogens (tertiary/aromatic N) is 2. The summed E-state index contributed by atoms with van der Waals surface area (Å²) in [4.78, 5) is 28.9. The summed E-state index contributed by atoms with van der Waals surface area (Å²) in [6, 6.07) is 10.2. The number of aromatic nitrogens is 1. The summed E-state index contributed by atoms with van der Waals surface area (Å²) >= 11 is 1.21. The number of thiazole rings is 1. The van der Waals surface area contributed by atoms with Gasteiger partial charge in [0.1, 0.15) is 17.2 Å². The van der Waals surface area contributed by atoms with E-state index in [0.29, 0.717) is 47.1 Å². The molecule has 2 amide bonds. The maximum atomic E-state index is 13.0. The predicted octanol–water partition coefficient (Wildman–Crippen LogP) is 4.40. The van der Waals surface area contributed by atoms with Gasteiger partial charge in [-0.2, -0.15) is 4.99 Å². The van der Waals surface area contributed by atoms with Crippen molar-refractivity contribution in [2.45, 2.75) is 26.3 Å². The molecule has 0 aliphatic carbocycles. The van der Waals surface area contributed by atoms with Crippen molar-refractivity contribution in [1.29, 1.82) is 0 Å². The molecule has 36 heavy (non-hydrogen) atoms. The first kappa shape index (κ1) is 26.8. The van der Waals surface area contributed by atoms with E-state index in [1.807, 2.05) is 0 Å². The average molecular weight is 524 g/mol. The molecule has 2 aromatic carbocycles. The Bertz CT molecular complexity index is 1280. The van der Waals surface area contributed by atoms with Gasteiger partial charge in [-0.15, -0.1) is 24.5 Å². The molecule has 192 valence electrons. The second kappa shape index (κ2) is 11.8. The molecule has 0 saturated heterocycles. The fourth-order valence-corrected chi connectivity index (χ4v) is 4.25. The second-order valence-electron chi connectivity index (χ2n) is 7.45. The molecule has 0 aliphatic heterocycles. The number of ether oxygens (including phenoxy) is 3. The van der Waals surface area contributed by atoms with E-state index in [2.05, 4.69) is 15.0 Å². The topological polar surface area (TPSA) is 91.1 Å². The maximum Gasteiger partial charge on any atom is 0.573 e. The van der Waals surface area contributed by atoms with Crippen molar-refractivity contribution in [3.05, 3.63) is 58.2 Å². The Balaban J connectivity index is 1.97. The third-order valence-electron chi connectivity index (χ3n) is 4.95. The first-order valence-corrected chi connectivity index (χ1v) is 11.6. The number of halogens is 3. The SMILES string of the molecule is COc1ccc(C(=O)/N=c2\scc(-c3ccc(OC(F)(F)F)cc3)n2CCCNC(C)=O)c(OC)c1. The Hall–Kier alpha value is -3.80. The third kappa shape index (κ3) is 7.11. The molecule has 8 nitrogen and oxygen atoms in total. The molecule has 3 rings (SSSR count). The van der Waals surface area contributed by atoms with Gasteiger partial charge in [-0.25, -0.2) is 0 Å². The first-order valence-electron chi connectivity index (χ1n) is 10.7. The Morgan fingerprint density at radius 3 is 2.36 bits per heavy atom. The van der Waals surface area contributed by atoms with Crippen molar-refractivity contribution in [1.82, 2.24) is 9.88 Å². The standard InChI is InChI=1S/C24H24F3N3O5S/c1-15(31)28-11-4-12-30-20(16-5-7-17(8-6-16)35-24(25,26)27)14-36-23(30)29-22(32)19-10-9-18(33-2)13-21(19)34-3/h5-10,13-14H,4,11-12H2,1-3H3,(H,28,31)/b29-23-. The number of alkyl halides is 3. The van der Waals surface area contributed by atoms with Crippen molar-refractivity contribution in [3.8, 4) is 28.5 Å². The zero-order chi connectivity index (χ0) is 26.3. The van der Waals surface area contributed by atoms with Crippen LogP contribution in [0.25, 0.3) is 11.3 Å². The Kier molecular flexibility index (Phi) is 8.75. The minimum atomic E-state index is -4.79. The van der Waals surface area contributed by atoms with Crippen LogP contribution in [-0.2, 0) is 11.3 Å². The van der Waals surface area contributed by atoms with Gasteiger partial charge in [0.2, 0.25) is 5.91 Å². The van der Waals surface area contributed by atoms with Crippen molar-refractivity contribution in [3.63, 3.8) is 0 Å². The first-order chi connectivity index (χ1) is 17.1. The van der Waals surface area contributed by atoms with Crippen LogP contribution in [0.4, 0.5) is 13.2 Å². The lowest BCUT2D eigenvalue weighted by Crippen LogP contribution is -2.24. The summed E-state index contributed by atoms with van der Waals surface area (Å²) in [6.45, 7) is 2.21. The molecule has 0 aliphatic rings. The van der Waals surface area contributed by atoms with Gasteiger partial charge in [0, 0.05) is 31.5 Å². The maximum absolute atomic E-state index is 13.0. The molecule has 0 spiro atoms. The van der Waals surface area contributed by atoms with Crippen LogP contribution in [0.15, 0.2) is 52.8 Å². The van der Waals surface area contributed by atoms with Crippen LogP contribution in [0, 0.1) is 0 Å². The van der Waals surface area contributed by atoms with Crippen molar-refractivity contribution in [2.24, 2.45) is 4.99 Å². The molecule has 12 heteroatoms. The van der Waals surface area contributed by atoms with Crippen LogP contribution in [0.2, 0.25) is 0 Å². The van der Waals surface area contributed by atoms with E-state index < -0.39 is 12.3 Å². The number of methoxy groups -OCH3 is 2. The number of nitrogens with one attached hydrogen (secondary N) is 1. The summed E-state index contributed by atoms with van der Waals surface area (Å²) < 4.78 is 53.7. The number of carbonyl (C=O) groups is 2. The van der Waals surface area contributed by atoms with E-state index in [1.165, 1.54) is 56.7 Å². The highest BCUT2D eigenvalue weighted by Gasteiger charge is 2.31. The fourth-order valence-electron chi connectivity index (χ4n) is 3.32. The van der Waals surface area contributed by atoms with Gasteiger partial charge in [-0.3, -0.25) is 9.59 Å². The average Bonchev–Trinajstić information content (AvgIpc) is 3.22. The lowest BCUT2D eigenvalue weighted by molar-refractivity contribution is -0.274. The highest BCUT2D eigenvalue weighted by atomic mass is 32.1. The zero-order valence-electron chi connectivity index (χ0n) is 19.7. The minimum absolute atomic E-state index is 0.169. The van der Waals surface area contributed by atoms with Gasteiger partial charge < -0.3 is 24.1 Å². The van der Waals surface area contributed by atoms with Crippen molar-refractivity contribution in [2.75, 3.05) is 20.8 Å². The quantitative estimate of drug-likeness (QED) is 0.420. The molecule has 0 radical (unpaired) electrons. The lowest BCUT2D eigenvalue weighted by Gasteiger charge is -2.12. The van der Waals surface area contributed by atoms with Crippen LogP contribution in [0.3, 0.4) is 0 Å². The largest absolute Gasteiger partial charge is 0.573 e. The monoisotopic (exact) mass is 523 g/mol. The Morgan fingerprint density at radius 2 is 1.75 bits per heavy atom. The number of rotatable bonds is 9. The van der Waals surface area contributed by atoms with E-state index in [9.17, 15) is 22.8 Å². The molecular weight excluding hydrogens is 499 g/mol. The molecule has 3 aromatic rings. The Labute approximate surface area is 209 Å². The molecule has 0 bridgehead atoms. The second-order valence-corrected chi connectivity index (χ2v) is 8.28. The molecule has 0 unspecified atom stereocenters. The van der Waals surface area contributed by atoms with Gasteiger partial charge in [-0.1, -0.05) is 0 Å². The number of carbonyl (C=O) groups excluding carboxylic acids is 2. The van der Waals surface area contributed by atoms with E-state index in [4.69, 9.17) is 9.47 Å². The van der Waals surface area contributed by atoms with Gasteiger partial charge in [0.05, 0.1) is 25.5 Å². The predicted molar refractivity (Wildman–Crippen MR) is 127 cm³/mol. The summed E-state index contributed by atoms with van der Waals surface area (Å²) in [5, 5.41) is 4.47.